The molecule has 0 bridgehead atoms. The summed E-state index contributed by atoms with van der Waals surface area (Å²) < 4.78 is 10.7. The Morgan fingerprint density at radius 3 is 2.65 bits per heavy atom. The molecule has 26 heavy (non-hydrogen) atoms. The second-order valence-corrected chi connectivity index (χ2v) is 6.52. The number of halogens is 1. The van der Waals surface area contributed by atoms with Crippen LogP contribution in [0.15, 0.2) is 30.3 Å². The van der Waals surface area contributed by atoms with Crippen LogP contribution in [0, 0.1) is 6.92 Å². The quantitative estimate of drug-likeness (QED) is 0.662. The van der Waals surface area contributed by atoms with Crippen molar-refractivity contribution >= 4 is 45.7 Å². The van der Waals surface area contributed by atoms with E-state index in [-0.39, 0.29) is 5.91 Å². The van der Waals surface area contributed by atoms with Crippen molar-refractivity contribution in [2.24, 2.45) is 0 Å². The molecular formula is C20H17ClN2O3. The van der Waals surface area contributed by atoms with Crippen molar-refractivity contribution in [1.82, 2.24) is 4.98 Å². The molecule has 2 heterocycles. The van der Waals surface area contributed by atoms with Crippen LogP contribution in [-0.4, -0.2) is 25.1 Å². The second-order valence-electron chi connectivity index (χ2n) is 6.14. The summed E-state index contributed by atoms with van der Waals surface area (Å²) in [5.74, 6) is 1.29. The van der Waals surface area contributed by atoms with E-state index in [9.17, 15) is 4.79 Å². The van der Waals surface area contributed by atoms with Gasteiger partial charge in [-0.25, -0.2) is 0 Å². The first-order valence-corrected chi connectivity index (χ1v) is 8.47. The Bertz CT molecular complexity index is 1080. The number of carbonyl (C=O) groups excluding carboxylic acids is 1. The molecule has 0 saturated carbocycles. The minimum absolute atomic E-state index is 0.169. The number of benzene rings is 2. The highest BCUT2D eigenvalue weighted by atomic mass is 35.5. The summed E-state index contributed by atoms with van der Waals surface area (Å²) >= 11 is 6.43. The first-order valence-electron chi connectivity index (χ1n) is 8.09. The minimum Gasteiger partial charge on any atom is -0.497 e. The Hall–Kier alpha value is -2.92. The van der Waals surface area contributed by atoms with E-state index in [0.717, 1.165) is 39.0 Å². The fourth-order valence-electron chi connectivity index (χ4n) is 3.26. The van der Waals surface area contributed by atoms with Crippen LogP contribution in [0.4, 0.5) is 5.69 Å². The number of amides is 1. The summed E-state index contributed by atoms with van der Waals surface area (Å²) in [5, 5.41) is 4.24. The van der Waals surface area contributed by atoms with Gasteiger partial charge in [0, 0.05) is 33.3 Å². The zero-order valence-corrected chi connectivity index (χ0v) is 15.3. The predicted molar refractivity (Wildman–Crippen MR) is 104 cm³/mol. The maximum absolute atomic E-state index is 12.5. The van der Waals surface area contributed by atoms with Gasteiger partial charge >= 0.3 is 0 Å². The molecule has 132 valence electrons. The number of hydrogen-bond donors (Lipinski definition) is 2. The number of anilines is 1. The van der Waals surface area contributed by atoms with Gasteiger partial charge in [0.1, 0.15) is 16.7 Å². The molecule has 0 unspecified atom stereocenters. The SMILES string of the molecule is COc1ccc2c(c1)C(=Cc1c(Cl)[nH]c3cc(C)c(OC)cc13)C(=O)N2. The van der Waals surface area contributed by atoms with Gasteiger partial charge in [0.15, 0.2) is 0 Å². The summed E-state index contributed by atoms with van der Waals surface area (Å²) in [4.78, 5) is 15.6. The standard InChI is InChI=1S/C20H17ClN2O3/c1-10-6-17-13(9-18(10)26-3)14(19(21)22-17)8-15-12-7-11(25-2)4-5-16(12)23-20(15)24/h4-9,22H,1-3H3,(H,23,24). The van der Waals surface area contributed by atoms with Crippen LogP contribution in [0.3, 0.4) is 0 Å². The third kappa shape index (κ3) is 2.52. The first-order chi connectivity index (χ1) is 12.5. The van der Waals surface area contributed by atoms with Gasteiger partial charge in [0.05, 0.1) is 14.2 Å². The van der Waals surface area contributed by atoms with E-state index in [1.165, 1.54) is 0 Å². The van der Waals surface area contributed by atoms with Crippen LogP contribution < -0.4 is 14.8 Å². The van der Waals surface area contributed by atoms with Crippen LogP contribution in [0.5, 0.6) is 11.5 Å². The lowest BCUT2D eigenvalue weighted by Crippen LogP contribution is -2.03. The lowest BCUT2D eigenvalue weighted by atomic mass is 10.0. The number of methoxy groups -OCH3 is 2. The number of aryl methyl sites for hydroxylation is 1. The van der Waals surface area contributed by atoms with Gasteiger partial charge in [-0.3, -0.25) is 4.79 Å². The van der Waals surface area contributed by atoms with Crippen LogP contribution in [0.25, 0.3) is 22.6 Å². The average molecular weight is 369 g/mol. The number of aromatic amines is 1. The van der Waals surface area contributed by atoms with E-state index in [1.807, 2.05) is 37.3 Å². The van der Waals surface area contributed by atoms with Crippen LogP contribution >= 0.6 is 11.6 Å². The van der Waals surface area contributed by atoms with Gasteiger partial charge in [-0.1, -0.05) is 11.6 Å². The minimum atomic E-state index is -0.169. The lowest BCUT2D eigenvalue weighted by Gasteiger charge is -2.05. The van der Waals surface area contributed by atoms with E-state index in [0.29, 0.717) is 16.5 Å². The fourth-order valence-corrected chi connectivity index (χ4v) is 3.52. The largest absolute Gasteiger partial charge is 0.497 e. The van der Waals surface area contributed by atoms with Gasteiger partial charge in [-0.15, -0.1) is 0 Å². The molecule has 0 saturated heterocycles. The Morgan fingerprint density at radius 1 is 1.12 bits per heavy atom. The Morgan fingerprint density at radius 2 is 1.92 bits per heavy atom. The van der Waals surface area contributed by atoms with Gasteiger partial charge < -0.3 is 19.8 Å². The Labute approximate surface area is 155 Å². The molecule has 1 aromatic heterocycles. The molecule has 1 aliphatic rings. The van der Waals surface area contributed by atoms with Crippen molar-refractivity contribution in [2.45, 2.75) is 6.92 Å². The molecule has 1 aliphatic heterocycles. The van der Waals surface area contributed by atoms with Crippen LogP contribution in [0.1, 0.15) is 16.7 Å². The second kappa shape index (κ2) is 6.11. The molecule has 0 atom stereocenters. The molecule has 2 N–H and O–H groups in total. The van der Waals surface area contributed by atoms with Crippen LogP contribution in [-0.2, 0) is 4.79 Å². The molecule has 0 fully saturated rings. The van der Waals surface area contributed by atoms with Crippen molar-refractivity contribution in [2.75, 3.05) is 19.5 Å². The van der Waals surface area contributed by atoms with E-state index in [1.54, 1.807) is 20.3 Å². The summed E-state index contributed by atoms with van der Waals surface area (Å²) in [6, 6.07) is 9.39. The van der Waals surface area contributed by atoms with Crippen molar-refractivity contribution in [3.8, 4) is 11.5 Å². The molecule has 5 nitrogen and oxygen atoms in total. The zero-order chi connectivity index (χ0) is 18.4. The third-order valence-electron chi connectivity index (χ3n) is 4.60. The molecule has 0 aliphatic carbocycles. The summed E-state index contributed by atoms with van der Waals surface area (Å²) in [7, 11) is 3.23. The molecule has 2 aromatic carbocycles. The Kier molecular flexibility index (Phi) is 3.89. The van der Waals surface area contributed by atoms with Crippen LogP contribution in [0.2, 0.25) is 5.15 Å². The predicted octanol–water partition coefficient (Wildman–Crippen LogP) is 4.64. The molecule has 3 aromatic rings. The third-order valence-corrected chi connectivity index (χ3v) is 4.90. The normalized spacial score (nSPS) is 14.6. The van der Waals surface area contributed by atoms with Gasteiger partial charge in [-0.05, 0) is 48.9 Å². The number of aromatic nitrogens is 1. The molecule has 0 spiro atoms. The molecular weight excluding hydrogens is 352 g/mol. The highest BCUT2D eigenvalue weighted by Crippen LogP contribution is 2.39. The highest BCUT2D eigenvalue weighted by Gasteiger charge is 2.25. The molecule has 0 radical (unpaired) electrons. The molecule has 1 amide bonds. The van der Waals surface area contributed by atoms with E-state index in [4.69, 9.17) is 21.1 Å². The number of fused-ring (bicyclic) bond motifs is 2. The van der Waals surface area contributed by atoms with Crippen molar-refractivity contribution in [3.05, 3.63) is 52.2 Å². The highest BCUT2D eigenvalue weighted by molar-refractivity contribution is 6.38. The molecule has 4 rings (SSSR count). The summed E-state index contributed by atoms with van der Waals surface area (Å²) in [6.45, 7) is 1.97. The van der Waals surface area contributed by atoms with E-state index >= 15 is 0 Å². The van der Waals surface area contributed by atoms with Crippen molar-refractivity contribution in [1.29, 1.82) is 0 Å². The summed E-state index contributed by atoms with van der Waals surface area (Å²) in [5.41, 5.74) is 4.74. The van der Waals surface area contributed by atoms with Gasteiger partial charge in [0.2, 0.25) is 0 Å². The first kappa shape index (κ1) is 16.5. The average Bonchev–Trinajstić information content (AvgIpc) is 3.10. The number of carbonyl (C=O) groups is 1. The molecule has 6 heteroatoms. The Balaban J connectivity index is 1.92. The number of nitrogens with one attached hydrogen (secondary N) is 2. The van der Waals surface area contributed by atoms with Gasteiger partial charge in [0.25, 0.3) is 5.91 Å². The fraction of sp³-hybridized carbons (Fsp3) is 0.150. The number of H-pyrrole nitrogens is 1. The van der Waals surface area contributed by atoms with E-state index in [2.05, 4.69) is 10.3 Å². The summed E-state index contributed by atoms with van der Waals surface area (Å²) in [6.07, 6.45) is 1.80. The number of ether oxygens (including phenoxy) is 2. The lowest BCUT2D eigenvalue weighted by molar-refractivity contribution is -0.110. The number of hydrogen-bond acceptors (Lipinski definition) is 3. The topological polar surface area (TPSA) is 63.4 Å². The smallest absolute Gasteiger partial charge is 0.256 e. The zero-order valence-electron chi connectivity index (χ0n) is 14.6. The maximum atomic E-state index is 12.5. The maximum Gasteiger partial charge on any atom is 0.256 e. The van der Waals surface area contributed by atoms with Crippen molar-refractivity contribution in [3.63, 3.8) is 0 Å². The van der Waals surface area contributed by atoms with Crippen molar-refractivity contribution < 1.29 is 14.3 Å². The van der Waals surface area contributed by atoms with E-state index < -0.39 is 0 Å². The number of rotatable bonds is 3. The monoisotopic (exact) mass is 368 g/mol. The van der Waals surface area contributed by atoms with Gasteiger partial charge in [-0.2, -0.15) is 0 Å².